The van der Waals surface area contributed by atoms with Crippen molar-refractivity contribution < 1.29 is 23.7 Å². The molecule has 1 aromatic heterocycles. The Morgan fingerprint density at radius 2 is 1.56 bits per heavy atom. The fourth-order valence-corrected chi connectivity index (χ4v) is 4.15. The molecule has 1 aliphatic rings. The molecular formula is C24H27N3O5. The lowest BCUT2D eigenvalue weighted by Gasteiger charge is -2.37. The van der Waals surface area contributed by atoms with Crippen LogP contribution in [0.4, 0.5) is 10.5 Å². The van der Waals surface area contributed by atoms with Gasteiger partial charge in [0.25, 0.3) is 0 Å². The molecule has 168 valence electrons. The Morgan fingerprint density at radius 1 is 0.875 bits per heavy atom. The molecule has 32 heavy (non-hydrogen) atoms. The number of hydrogen-bond acceptors (Lipinski definition) is 5. The summed E-state index contributed by atoms with van der Waals surface area (Å²) in [6.45, 7) is 1.23. The van der Waals surface area contributed by atoms with E-state index in [1.807, 2.05) is 59.6 Å². The van der Waals surface area contributed by atoms with Gasteiger partial charge in [0.15, 0.2) is 11.5 Å². The molecule has 0 bridgehead atoms. The maximum Gasteiger partial charge on any atom is 0.322 e. The number of benzene rings is 2. The highest BCUT2D eigenvalue weighted by molar-refractivity contribution is 5.91. The van der Waals surface area contributed by atoms with Crippen LogP contribution in [0.5, 0.6) is 23.0 Å². The molecule has 0 saturated heterocycles. The van der Waals surface area contributed by atoms with Crippen molar-refractivity contribution in [3.8, 4) is 23.0 Å². The van der Waals surface area contributed by atoms with Gasteiger partial charge >= 0.3 is 6.03 Å². The molecule has 2 heterocycles. The molecule has 0 spiro atoms. The van der Waals surface area contributed by atoms with Crippen molar-refractivity contribution in [3.05, 3.63) is 66.0 Å². The summed E-state index contributed by atoms with van der Waals surface area (Å²) in [5, 5.41) is 3.00. The van der Waals surface area contributed by atoms with Gasteiger partial charge in [0, 0.05) is 25.0 Å². The maximum atomic E-state index is 13.4. The standard InChI is InChI=1S/C24H27N3O5/c1-29-19-10-6-5-8-17(19)25-24(28)27-13-12-26-11-7-9-18(26)22(27)16-14-20(30-2)23(32-4)21(15-16)31-3/h5-11,14-15,22H,12-13H2,1-4H3,(H,25,28)/t22-/m1/s1. The molecule has 0 fully saturated rings. The Balaban J connectivity index is 1.76. The number of ether oxygens (including phenoxy) is 4. The highest BCUT2D eigenvalue weighted by Gasteiger charge is 2.34. The number of rotatable bonds is 6. The molecule has 1 atom stereocenters. The highest BCUT2D eigenvalue weighted by Crippen LogP contribution is 2.43. The van der Waals surface area contributed by atoms with Crippen LogP contribution in [0.2, 0.25) is 0 Å². The molecule has 1 aliphatic heterocycles. The fourth-order valence-electron chi connectivity index (χ4n) is 4.15. The molecule has 0 radical (unpaired) electrons. The van der Waals surface area contributed by atoms with Crippen molar-refractivity contribution >= 4 is 11.7 Å². The van der Waals surface area contributed by atoms with Crippen LogP contribution in [0, 0.1) is 0 Å². The van der Waals surface area contributed by atoms with Gasteiger partial charge in [-0.1, -0.05) is 12.1 Å². The number of amides is 2. The predicted molar refractivity (Wildman–Crippen MR) is 121 cm³/mol. The Bertz CT molecular complexity index is 1090. The number of aromatic nitrogens is 1. The lowest BCUT2D eigenvalue weighted by molar-refractivity contribution is 0.181. The number of nitrogens with zero attached hydrogens (tertiary/aromatic N) is 2. The summed E-state index contributed by atoms with van der Waals surface area (Å²) < 4.78 is 24.1. The Hall–Kier alpha value is -3.81. The van der Waals surface area contributed by atoms with E-state index in [1.54, 1.807) is 28.4 Å². The Kier molecular flexibility index (Phi) is 6.11. The fraction of sp³-hybridized carbons (Fsp3) is 0.292. The Labute approximate surface area is 187 Å². The second-order valence-electron chi connectivity index (χ2n) is 7.31. The van der Waals surface area contributed by atoms with Gasteiger partial charge in [0.05, 0.1) is 40.2 Å². The lowest BCUT2D eigenvalue weighted by Crippen LogP contribution is -2.44. The largest absolute Gasteiger partial charge is 0.495 e. The summed E-state index contributed by atoms with van der Waals surface area (Å²) in [5.74, 6) is 2.19. The first-order valence-electron chi connectivity index (χ1n) is 10.3. The summed E-state index contributed by atoms with van der Waals surface area (Å²) >= 11 is 0. The smallest absolute Gasteiger partial charge is 0.322 e. The van der Waals surface area contributed by atoms with E-state index in [0.29, 0.717) is 41.8 Å². The topological polar surface area (TPSA) is 74.2 Å². The first kappa shape index (κ1) is 21.4. The summed E-state index contributed by atoms with van der Waals surface area (Å²) in [6, 6.07) is 14.6. The van der Waals surface area contributed by atoms with Gasteiger partial charge in [-0.05, 0) is 42.0 Å². The minimum Gasteiger partial charge on any atom is -0.495 e. The van der Waals surface area contributed by atoms with E-state index in [4.69, 9.17) is 18.9 Å². The zero-order valence-electron chi connectivity index (χ0n) is 18.6. The normalized spacial score (nSPS) is 15.0. The molecule has 1 N–H and O–H groups in total. The number of methoxy groups -OCH3 is 4. The third kappa shape index (κ3) is 3.79. The van der Waals surface area contributed by atoms with Crippen LogP contribution in [0.1, 0.15) is 17.3 Å². The van der Waals surface area contributed by atoms with Crippen LogP contribution in [0.15, 0.2) is 54.7 Å². The van der Waals surface area contributed by atoms with E-state index >= 15 is 0 Å². The Morgan fingerprint density at radius 3 is 2.22 bits per heavy atom. The van der Waals surface area contributed by atoms with Crippen molar-refractivity contribution in [2.45, 2.75) is 12.6 Å². The van der Waals surface area contributed by atoms with E-state index in [0.717, 1.165) is 11.3 Å². The van der Waals surface area contributed by atoms with Crippen LogP contribution >= 0.6 is 0 Å². The number of hydrogen-bond donors (Lipinski definition) is 1. The zero-order chi connectivity index (χ0) is 22.7. The molecule has 4 rings (SSSR count). The third-order valence-electron chi connectivity index (χ3n) is 5.65. The molecule has 0 unspecified atom stereocenters. The minimum atomic E-state index is -0.345. The first-order chi connectivity index (χ1) is 15.6. The summed E-state index contributed by atoms with van der Waals surface area (Å²) in [4.78, 5) is 15.3. The van der Waals surface area contributed by atoms with E-state index < -0.39 is 0 Å². The quantitative estimate of drug-likeness (QED) is 0.627. The number of carbonyl (C=O) groups excluding carboxylic acids is 1. The number of nitrogens with one attached hydrogen (secondary N) is 1. The van der Waals surface area contributed by atoms with Gasteiger partial charge in [-0.2, -0.15) is 0 Å². The maximum absolute atomic E-state index is 13.4. The molecule has 0 aliphatic carbocycles. The number of fused-ring (bicyclic) bond motifs is 1. The van der Waals surface area contributed by atoms with Gasteiger partial charge in [0.2, 0.25) is 5.75 Å². The van der Waals surface area contributed by atoms with Crippen molar-refractivity contribution in [1.29, 1.82) is 0 Å². The number of urea groups is 1. The monoisotopic (exact) mass is 437 g/mol. The molecule has 8 heteroatoms. The van der Waals surface area contributed by atoms with Crippen molar-refractivity contribution in [2.75, 3.05) is 40.3 Å². The molecule has 3 aromatic rings. The second kappa shape index (κ2) is 9.13. The summed E-state index contributed by atoms with van der Waals surface area (Å²) in [6.07, 6.45) is 2.02. The average Bonchev–Trinajstić information content (AvgIpc) is 3.31. The van der Waals surface area contributed by atoms with Crippen LogP contribution in [-0.4, -0.2) is 50.5 Å². The SMILES string of the molecule is COc1ccccc1NC(=O)N1CCn2cccc2[C@H]1c1cc(OC)c(OC)c(OC)c1. The second-order valence-corrected chi connectivity index (χ2v) is 7.31. The number of anilines is 1. The molecule has 0 saturated carbocycles. The minimum absolute atomic E-state index is 0.222. The summed E-state index contributed by atoms with van der Waals surface area (Å²) in [5.41, 5.74) is 2.47. The van der Waals surface area contributed by atoms with Crippen LogP contribution in [0.3, 0.4) is 0 Å². The number of carbonyl (C=O) groups is 1. The first-order valence-corrected chi connectivity index (χ1v) is 10.3. The third-order valence-corrected chi connectivity index (χ3v) is 5.65. The molecule has 2 amide bonds. The summed E-state index contributed by atoms with van der Waals surface area (Å²) in [7, 11) is 6.31. The van der Waals surface area contributed by atoms with Crippen LogP contribution in [0.25, 0.3) is 0 Å². The molecular weight excluding hydrogens is 410 g/mol. The van der Waals surface area contributed by atoms with Crippen molar-refractivity contribution in [1.82, 2.24) is 9.47 Å². The zero-order valence-corrected chi connectivity index (χ0v) is 18.6. The van der Waals surface area contributed by atoms with E-state index in [2.05, 4.69) is 9.88 Å². The van der Waals surface area contributed by atoms with E-state index in [1.165, 1.54) is 0 Å². The van der Waals surface area contributed by atoms with Gasteiger partial charge in [-0.15, -0.1) is 0 Å². The van der Waals surface area contributed by atoms with E-state index in [-0.39, 0.29) is 12.1 Å². The van der Waals surface area contributed by atoms with Crippen LogP contribution in [-0.2, 0) is 6.54 Å². The van der Waals surface area contributed by atoms with Crippen molar-refractivity contribution in [3.63, 3.8) is 0 Å². The van der Waals surface area contributed by atoms with Gasteiger partial charge in [-0.3, -0.25) is 0 Å². The average molecular weight is 437 g/mol. The van der Waals surface area contributed by atoms with E-state index in [9.17, 15) is 4.79 Å². The van der Waals surface area contributed by atoms with Gasteiger partial charge in [0.1, 0.15) is 5.75 Å². The van der Waals surface area contributed by atoms with Gasteiger partial charge in [-0.25, -0.2) is 4.79 Å². The van der Waals surface area contributed by atoms with Crippen molar-refractivity contribution in [2.24, 2.45) is 0 Å². The molecule has 2 aromatic carbocycles. The molecule has 8 nitrogen and oxygen atoms in total. The number of para-hydroxylation sites is 2. The van der Waals surface area contributed by atoms with Gasteiger partial charge < -0.3 is 33.7 Å². The van der Waals surface area contributed by atoms with Crippen LogP contribution < -0.4 is 24.3 Å². The predicted octanol–water partition coefficient (Wildman–Crippen LogP) is 4.16. The lowest BCUT2D eigenvalue weighted by atomic mass is 9.99. The highest BCUT2D eigenvalue weighted by atomic mass is 16.5.